The van der Waals surface area contributed by atoms with E-state index in [0.717, 1.165) is 13.2 Å². The molecule has 17 heavy (non-hydrogen) atoms. The first-order valence-corrected chi connectivity index (χ1v) is 6.18. The number of sulfone groups is 1. The van der Waals surface area contributed by atoms with Crippen molar-refractivity contribution in [2.45, 2.75) is 12.6 Å². The molecule has 1 unspecified atom stereocenters. The molecule has 0 heterocycles. The standard InChI is InChI=1S/C8H10F3NO4S/c1-16-7(13)2-3-17(14,15)5-6(4-12)8(9,10)11/h6H,2-3,5H2,1H3. The Morgan fingerprint density at radius 3 is 2.35 bits per heavy atom. The number of carbonyl (C=O) groups excluding carboxylic acids is 1. The molecule has 0 aromatic rings. The Bertz CT molecular complexity index is 409. The number of halogens is 3. The number of methoxy groups -OCH3 is 1. The monoisotopic (exact) mass is 273 g/mol. The highest BCUT2D eigenvalue weighted by atomic mass is 32.2. The topological polar surface area (TPSA) is 84.2 Å². The number of nitriles is 1. The van der Waals surface area contributed by atoms with E-state index in [2.05, 4.69) is 4.74 Å². The van der Waals surface area contributed by atoms with Crippen LogP contribution >= 0.6 is 0 Å². The maximum atomic E-state index is 12.1. The third-order valence-corrected chi connectivity index (χ3v) is 3.48. The molecule has 0 aliphatic rings. The zero-order chi connectivity index (χ0) is 13.7. The number of carbonyl (C=O) groups is 1. The van der Waals surface area contributed by atoms with E-state index in [9.17, 15) is 26.4 Å². The van der Waals surface area contributed by atoms with Crippen LogP contribution in [0, 0.1) is 17.2 Å². The van der Waals surface area contributed by atoms with E-state index >= 15 is 0 Å². The van der Waals surface area contributed by atoms with Crippen molar-refractivity contribution in [1.82, 2.24) is 0 Å². The van der Waals surface area contributed by atoms with Gasteiger partial charge in [0.2, 0.25) is 0 Å². The molecule has 0 radical (unpaired) electrons. The van der Waals surface area contributed by atoms with Crippen LogP contribution in [0.4, 0.5) is 13.2 Å². The number of rotatable bonds is 5. The summed E-state index contributed by atoms with van der Waals surface area (Å²) in [6.07, 6.45) is -5.43. The second-order valence-electron chi connectivity index (χ2n) is 3.16. The normalized spacial score (nSPS) is 13.8. The maximum Gasteiger partial charge on any atom is 0.405 e. The van der Waals surface area contributed by atoms with Gasteiger partial charge in [-0.25, -0.2) is 8.42 Å². The van der Waals surface area contributed by atoms with Crippen LogP contribution in [0.1, 0.15) is 6.42 Å². The molecule has 0 rings (SSSR count). The van der Waals surface area contributed by atoms with E-state index in [-0.39, 0.29) is 0 Å². The lowest BCUT2D eigenvalue weighted by atomic mass is 10.2. The number of ether oxygens (including phenoxy) is 1. The molecule has 0 bridgehead atoms. The SMILES string of the molecule is COC(=O)CCS(=O)(=O)CC(C#N)C(F)(F)F. The van der Waals surface area contributed by atoms with Crippen LogP contribution < -0.4 is 0 Å². The van der Waals surface area contributed by atoms with Gasteiger partial charge in [-0.2, -0.15) is 18.4 Å². The molecule has 0 amide bonds. The first-order valence-electron chi connectivity index (χ1n) is 4.36. The number of hydrogen-bond acceptors (Lipinski definition) is 5. The minimum absolute atomic E-state index is 0.533. The molecule has 1 atom stereocenters. The van der Waals surface area contributed by atoms with Crippen molar-refractivity contribution < 1.29 is 31.1 Å². The molecule has 9 heteroatoms. The average molecular weight is 273 g/mol. The van der Waals surface area contributed by atoms with Gasteiger partial charge in [-0.15, -0.1) is 0 Å². The molecule has 0 aromatic carbocycles. The number of hydrogen-bond donors (Lipinski definition) is 0. The summed E-state index contributed by atoms with van der Waals surface area (Å²) in [7, 11) is -3.09. The Morgan fingerprint density at radius 2 is 2.00 bits per heavy atom. The Balaban J connectivity index is 4.55. The molecule has 0 saturated carbocycles. The van der Waals surface area contributed by atoms with Crippen molar-refractivity contribution in [3.63, 3.8) is 0 Å². The predicted molar refractivity (Wildman–Crippen MR) is 50.4 cm³/mol. The quantitative estimate of drug-likeness (QED) is 0.687. The third kappa shape index (κ3) is 6.11. The second-order valence-corrected chi connectivity index (χ2v) is 5.39. The average Bonchev–Trinajstić information content (AvgIpc) is 2.21. The summed E-state index contributed by atoms with van der Waals surface area (Å²) in [5.41, 5.74) is 0. The molecular formula is C8H10F3NO4S. The predicted octanol–water partition coefficient (Wildman–Crippen LogP) is 0.666. The fourth-order valence-corrected chi connectivity index (χ4v) is 2.30. The third-order valence-electron chi connectivity index (χ3n) is 1.82. The summed E-state index contributed by atoms with van der Waals surface area (Å²) in [6, 6.07) is 0.879. The van der Waals surface area contributed by atoms with Crippen LogP contribution in [0.3, 0.4) is 0 Å². The van der Waals surface area contributed by atoms with Crippen molar-refractivity contribution in [3.8, 4) is 6.07 Å². The van der Waals surface area contributed by atoms with Gasteiger partial charge in [0.05, 0.1) is 31.1 Å². The van der Waals surface area contributed by atoms with E-state index in [0.29, 0.717) is 0 Å². The Morgan fingerprint density at radius 1 is 1.47 bits per heavy atom. The minimum Gasteiger partial charge on any atom is -0.469 e. The maximum absolute atomic E-state index is 12.1. The first-order chi connectivity index (χ1) is 7.62. The van der Waals surface area contributed by atoms with Gasteiger partial charge in [-0.1, -0.05) is 0 Å². The smallest absolute Gasteiger partial charge is 0.405 e. The van der Waals surface area contributed by atoms with Crippen LogP contribution in [0.2, 0.25) is 0 Å². The van der Waals surface area contributed by atoms with Gasteiger partial charge in [-0.3, -0.25) is 4.79 Å². The summed E-state index contributed by atoms with van der Waals surface area (Å²) in [6.45, 7) is 0. The van der Waals surface area contributed by atoms with Gasteiger partial charge < -0.3 is 4.74 Å². The lowest BCUT2D eigenvalue weighted by Gasteiger charge is -2.12. The van der Waals surface area contributed by atoms with Gasteiger partial charge in [-0.05, 0) is 0 Å². The second kappa shape index (κ2) is 5.86. The largest absolute Gasteiger partial charge is 0.469 e. The molecule has 0 aliphatic heterocycles. The Hall–Kier alpha value is -1.30. The molecule has 0 fully saturated rings. The molecule has 5 nitrogen and oxygen atoms in total. The van der Waals surface area contributed by atoms with Gasteiger partial charge in [0.25, 0.3) is 0 Å². The highest BCUT2D eigenvalue weighted by molar-refractivity contribution is 7.91. The van der Waals surface area contributed by atoms with E-state index in [1.54, 1.807) is 0 Å². The first kappa shape index (κ1) is 15.7. The van der Waals surface area contributed by atoms with Crippen molar-refractivity contribution in [2.24, 2.45) is 5.92 Å². The summed E-state index contributed by atoms with van der Waals surface area (Å²) >= 11 is 0. The molecule has 0 N–H and O–H groups in total. The zero-order valence-corrected chi connectivity index (χ0v) is 9.64. The van der Waals surface area contributed by atoms with E-state index < -0.39 is 45.8 Å². The van der Waals surface area contributed by atoms with E-state index in [4.69, 9.17) is 5.26 Å². The number of nitrogens with zero attached hydrogens (tertiary/aromatic N) is 1. The lowest BCUT2D eigenvalue weighted by molar-refractivity contribution is -0.153. The summed E-state index contributed by atoms with van der Waals surface area (Å²) < 4.78 is 63.0. The summed E-state index contributed by atoms with van der Waals surface area (Å²) in [4.78, 5) is 10.6. The molecule has 0 aliphatic carbocycles. The zero-order valence-electron chi connectivity index (χ0n) is 8.82. The number of esters is 1. The Labute approximate surface area is 96.1 Å². The lowest BCUT2D eigenvalue weighted by Crippen LogP contribution is -2.30. The fraction of sp³-hybridized carbons (Fsp3) is 0.750. The highest BCUT2D eigenvalue weighted by Gasteiger charge is 2.42. The van der Waals surface area contributed by atoms with Crippen molar-refractivity contribution >= 4 is 15.8 Å². The molecule has 0 spiro atoms. The number of alkyl halides is 3. The van der Waals surface area contributed by atoms with Crippen molar-refractivity contribution in [3.05, 3.63) is 0 Å². The van der Waals surface area contributed by atoms with E-state index in [1.807, 2.05) is 0 Å². The van der Waals surface area contributed by atoms with Crippen LogP contribution in [0.5, 0.6) is 0 Å². The van der Waals surface area contributed by atoms with Gasteiger partial charge >= 0.3 is 12.1 Å². The van der Waals surface area contributed by atoms with Crippen LogP contribution in [-0.2, 0) is 19.4 Å². The van der Waals surface area contributed by atoms with Gasteiger partial charge in [0, 0.05) is 0 Å². The van der Waals surface area contributed by atoms with Crippen LogP contribution in [0.15, 0.2) is 0 Å². The van der Waals surface area contributed by atoms with Crippen LogP contribution in [-0.4, -0.2) is 39.2 Å². The highest BCUT2D eigenvalue weighted by Crippen LogP contribution is 2.27. The van der Waals surface area contributed by atoms with Crippen molar-refractivity contribution in [1.29, 1.82) is 5.26 Å². The van der Waals surface area contributed by atoms with Gasteiger partial charge in [0.15, 0.2) is 15.8 Å². The van der Waals surface area contributed by atoms with Gasteiger partial charge in [0.1, 0.15) is 0 Å². The summed E-state index contributed by atoms with van der Waals surface area (Å²) in [5, 5.41) is 8.22. The summed E-state index contributed by atoms with van der Waals surface area (Å²) in [5.74, 6) is -5.53. The molecule has 0 aromatic heterocycles. The molecular weight excluding hydrogens is 263 g/mol. The van der Waals surface area contributed by atoms with Crippen LogP contribution in [0.25, 0.3) is 0 Å². The Kier molecular flexibility index (Phi) is 5.41. The minimum atomic E-state index is -4.90. The van der Waals surface area contributed by atoms with E-state index in [1.165, 1.54) is 0 Å². The van der Waals surface area contributed by atoms with Crippen molar-refractivity contribution in [2.75, 3.05) is 18.6 Å². The molecule has 98 valence electrons. The fourth-order valence-electron chi connectivity index (χ4n) is 0.883. The molecule has 0 saturated heterocycles.